The third-order valence-corrected chi connectivity index (χ3v) is 4.50. The molecule has 0 unspecified atom stereocenters. The summed E-state index contributed by atoms with van der Waals surface area (Å²) in [5.41, 5.74) is 0.581. The fraction of sp³-hybridized carbons (Fsp3) is 0.381. The van der Waals surface area contributed by atoms with Crippen molar-refractivity contribution in [1.29, 1.82) is 0 Å². The summed E-state index contributed by atoms with van der Waals surface area (Å²) in [5.74, 6) is -1.03. The van der Waals surface area contributed by atoms with Crippen molar-refractivity contribution in [1.82, 2.24) is 14.0 Å². The van der Waals surface area contributed by atoms with Crippen LogP contribution in [0.4, 0.5) is 0 Å². The molecule has 158 valence electrons. The van der Waals surface area contributed by atoms with Crippen molar-refractivity contribution in [2.75, 3.05) is 20.3 Å². The molecule has 9 nitrogen and oxygen atoms in total. The number of aromatic nitrogens is 3. The summed E-state index contributed by atoms with van der Waals surface area (Å²) >= 11 is 0. The summed E-state index contributed by atoms with van der Waals surface area (Å²) in [5, 5.41) is 0.222. The molecule has 0 saturated carbocycles. The smallest absolute Gasteiger partial charge is 0.341 e. The highest BCUT2D eigenvalue weighted by molar-refractivity contribution is 5.93. The van der Waals surface area contributed by atoms with Gasteiger partial charge >= 0.3 is 5.97 Å². The third kappa shape index (κ3) is 4.16. The van der Waals surface area contributed by atoms with E-state index in [0.717, 1.165) is 0 Å². The first-order chi connectivity index (χ1) is 14.5. The Morgan fingerprint density at radius 2 is 2.03 bits per heavy atom. The maximum absolute atomic E-state index is 13.1. The molecule has 30 heavy (non-hydrogen) atoms. The molecule has 0 fully saturated rings. The van der Waals surface area contributed by atoms with Crippen LogP contribution in [-0.2, 0) is 20.8 Å². The lowest BCUT2D eigenvalue weighted by atomic mass is 10.2. The third-order valence-electron chi connectivity index (χ3n) is 4.50. The molecular weight excluding hydrogens is 388 g/mol. The minimum atomic E-state index is -0.661. The van der Waals surface area contributed by atoms with E-state index in [4.69, 9.17) is 9.47 Å². The van der Waals surface area contributed by atoms with Crippen LogP contribution in [0.2, 0.25) is 0 Å². The Hall–Kier alpha value is -3.33. The first kappa shape index (κ1) is 21.4. The van der Waals surface area contributed by atoms with Crippen LogP contribution < -0.4 is 11.0 Å². The topological polar surface area (TPSA) is 104 Å². The number of hydrogen-bond donors (Lipinski definition) is 0. The summed E-state index contributed by atoms with van der Waals surface area (Å²) in [6.45, 7) is 4.21. The van der Waals surface area contributed by atoms with Gasteiger partial charge < -0.3 is 14.0 Å². The number of rotatable bonds is 7. The predicted octanol–water partition coefficient (Wildman–Crippen LogP) is 1.70. The molecule has 9 heteroatoms. The normalized spacial score (nSPS) is 11.9. The Kier molecular flexibility index (Phi) is 6.73. The second-order valence-corrected chi connectivity index (χ2v) is 6.59. The van der Waals surface area contributed by atoms with Gasteiger partial charge in [-0.1, -0.05) is 13.0 Å². The fourth-order valence-electron chi connectivity index (χ4n) is 3.14. The summed E-state index contributed by atoms with van der Waals surface area (Å²) in [6.07, 6.45) is 2.46. The Morgan fingerprint density at radius 3 is 2.73 bits per heavy atom. The van der Waals surface area contributed by atoms with E-state index in [1.807, 2.05) is 6.92 Å². The van der Waals surface area contributed by atoms with Crippen molar-refractivity contribution in [3.63, 3.8) is 0 Å². The summed E-state index contributed by atoms with van der Waals surface area (Å²) in [4.78, 5) is 46.9. The molecule has 0 aromatic carbocycles. The monoisotopic (exact) mass is 412 g/mol. The van der Waals surface area contributed by atoms with E-state index >= 15 is 0 Å². The lowest BCUT2D eigenvalue weighted by molar-refractivity contribution is -0.118. The SMILES string of the molecule is CCCC(=O)N=c1c(C(=O)OCC)cc2c(=O)n3ccccc3nc2n1CCOC. The van der Waals surface area contributed by atoms with Gasteiger partial charge in [0.1, 0.15) is 16.9 Å². The van der Waals surface area contributed by atoms with E-state index in [-0.39, 0.29) is 54.1 Å². The molecule has 0 N–H and O–H groups in total. The zero-order chi connectivity index (χ0) is 21.7. The quantitative estimate of drug-likeness (QED) is 0.432. The van der Waals surface area contributed by atoms with Gasteiger partial charge in [0, 0.05) is 26.3 Å². The molecule has 3 aromatic rings. The summed E-state index contributed by atoms with van der Waals surface area (Å²) < 4.78 is 13.3. The second-order valence-electron chi connectivity index (χ2n) is 6.59. The van der Waals surface area contributed by atoms with E-state index in [2.05, 4.69) is 9.98 Å². The highest BCUT2D eigenvalue weighted by Gasteiger charge is 2.19. The highest BCUT2D eigenvalue weighted by atomic mass is 16.5. The standard InChI is InChI=1S/C21H24N4O5/c1-4-8-17(26)23-19-15(21(28)30-5-2)13-14-18(25(19)11-12-29-3)22-16-9-6-7-10-24(16)20(14)27/h6-7,9-10,13H,4-5,8,11-12H2,1-3H3. The van der Waals surface area contributed by atoms with Crippen molar-refractivity contribution in [3.05, 3.63) is 51.9 Å². The average Bonchev–Trinajstić information content (AvgIpc) is 2.73. The molecule has 0 bridgehead atoms. The van der Waals surface area contributed by atoms with Gasteiger partial charge in [0.25, 0.3) is 5.56 Å². The van der Waals surface area contributed by atoms with Gasteiger partial charge in [-0.3, -0.25) is 14.0 Å². The van der Waals surface area contributed by atoms with Crippen LogP contribution in [0.1, 0.15) is 37.0 Å². The van der Waals surface area contributed by atoms with E-state index in [9.17, 15) is 14.4 Å². The van der Waals surface area contributed by atoms with E-state index < -0.39 is 5.97 Å². The molecule has 3 aromatic heterocycles. The highest BCUT2D eigenvalue weighted by Crippen LogP contribution is 2.11. The number of pyridine rings is 2. The maximum atomic E-state index is 13.1. The van der Waals surface area contributed by atoms with Gasteiger partial charge in [-0.25, -0.2) is 9.78 Å². The Morgan fingerprint density at radius 1 is 1.23 bits per heavy atom. The second kappa shape index (κ2) is 9.45. The molecule has 3 heterocycles. The summed E-state index contributed by atoms with van der Waals surface area (Å²) in [6, 6.07) is 6.61. The number of nitrogens with zero attached hydrogens (tertiary/aromatic N) is 4. The van der Waals surface area contributed by atoms with Crippen LogP contribution in [0, 0.1) is 0 Å². The van der Waals surface area contributed by atoms with Crippen molar-refractivity contribution in [2.45, 2.75) is 33.2 Å². The average molecular weight is 412 g/mol. The van der Waals surface area contributed by atoms with Crippen molar-refractivity contribution in [3.8, 4) is 0 Å². The Bertz CT molecular complexity index is 1230. The maximum Gasteiger partial charge on any atom is 0.341 e. The first-order valence-corrected chi connectivity index (χ1v) is 9.80. The van der Waals surface area contributed by atoms with Crippen LogP contribution in [0.25, 0.3) is 16.7 Å². The number of hydrogen-bond acceptors (Lipinski definition) is 6. The molecule has 0 aliphatic rings. The number of fused-ring (bicyclic) bond motifs is 2. The fourth-order valence-corrected chi connectivity index (χ4v) is 3.14. The molecule has 0 aliphatic heterocycles. The number of amides is 1. The minimum Gasteiger partial charge on any atom is -0.462 e. The molecule has 0 atom stereocenters. The van der Waals surface area contributed by atoms with Gasteiger partial charge in [-0.05, 0) is 31.5 Å². The summed E-state index contributed by atoms with van der Waals surface area (Å²) in [7, 11) is 1.54. The molecule has 0 saturated heterocycles. The van der Waals surface area contributed by atoms with Crippen LogP contribution in [-0.4, -0.2) is 46.2 Å². The van der Waals surface area contributed by atoms with Gasteiger partial charge in [0.15, 0.2) is 5.49 Å². The Labute approximate surface area is 172 Å². The lowest BCUT2D eigenvalue weighted by Crippen LogP contribution is -2.33. The van der Waals surface area contributed by atoms with Crippen LogP contribution in [0.3, 0.4) is 0 Å². The number of carbonyl (C=O) groups is 2. The molecule has 3 rings (SSSR count). The van der Waals surface area contributed by atoms with Gasteiger partial charge in [-0.2, -0.15) is 4.99 Å². The number of ether oxygens (including phenoxy) is 2. The van der Waals surface area contributed by atoms with Crippen molar-refractivity contribution < 1.29 is 19.1 Å². The molecule has 0 aliphatic carbocycles. The zero-order valence-corrected chi connectivity index (χ0v) is 17.3. The minimum absolute atomic E-state index is 0.0414. The number of carbonyl (C=O) groups excluding carboxylic acids is 2. The van der Waals surface area contributed by atoms with Crippen LogP contribution in [0.5, 0.6) is 0 Å². The van der Waals surface area contributed by atoms with Crippen molar-refractivity contribution >= 4 is 28.6 Å². The number of esters is 1. The Balaban J connectivity index is 2.48. The van der Waals surface area contributed by atoms with Crippen LogP contribution in [0.15, 0.2) is 40.2 Å². The van der Waals surface area contributed by atoms with Gasteiger partial charge in [0.2, 0.25) is 5.91 Å². The van der Waals surface area contributed by atoms with E-state index in [1.54, 1.807) is 35.9 Å². The molecule has 0 spiro atoms. The van der Waals surface area contributed by atoms with E-state index in [1.165, 1.54) is 17.6 Å². The van der Waals surface area contributed by atoms with Gasteiger partial charge in [-0.15, -0.1) is 0 Å². The largest absolute Gasteiger partial charge is 0.462 e. The van der Waals surface area contributed by atoms with E-state index in [0.29, 0.717) is 17.7 Å². The zero-order valence-electron chi connectivity index (χ0n) is 17.3. The molecule has 0 radical (unpaired) electrons. The molecule has 1 amide bonds. The number of methoxy groups -OCH3 is 1. The first-order valence-electron chi connectivity index (χ1n) is 9.80. The predicted molar refractivity (Wildman–Crippen MR) is 110 cm³/mol. The van der Waals surface area contributed by atoms with Gasteiger partial charge in [0.05, 0.1) is 18.6 Å². The van der Waals surface area contributed by atoms with Crippen molar-refractivity contribution in [2.24, 2.45) is 4.99 Å². The molecular formula is C21H24N4O5. The lowest BCUT2D eigenvalue weighted by Gasteiger charge is -2.14. The van der Waals surface area contributed by atoms with Crippen LogP contribution >= 0.6 is 0 Å².